The first-order chi connectivity index (χ1) is 34.5. The van der Waals surface area contributed by atoms with Crippen molar-refractivity contribution in [2.45, 2.75) is 360 Å². The van der Waals surface area contributed by atoms with Crippen LogP contribution in [0.3, 0.4) is 0 Å². The zero-order valence-corrected chi connectivity index (χ0v) is 47.3. The van der Waals surface area contributed by atoms with Crippen LogP contribution >= 0.6 is 0 Å². The topological polar surface area (TPSA) is 95.9 Å². The summed E-state index contributed by atoms with van der Waals surface area (Å²) in [4.78, 5) is 24.5. The lowest BCUT2D eigenvalue weighted by Crippen LogP contribution is -2.45. The van der Waals surface area contributed by atoms with Crippen LogP contribution in [0.25, 0.3) is 0 Å². The molecule has 0 aromatic heterocycles. The van der Waals surface area contributed by atoms with Crippen LogP contribution in [0, 0.1) is 0 Å². The number of allylic oxidation sites excluding steroid dienone is 3. The van der Waals surface area contributed by atoms with Crippen molar-refractivity contribution in [1.82, 2.24) is 5.32 Å². The van der Waals surface area contributed by atoms with Crippen molar-refractivity contribution < 1.29 is 24.5 Å². The van der Waals surface area contributed by atoms with Crippen LogP contribution in [0.2, 0.25) is 0 Å². The molecule has 1 amide bonds. The summed E-state index contributed by atoms with van der Waals surface area (Å²) in [7, 11) is 0. The molecule has 0 rings (SSSR count). The molecule has 0 radical (unpaired) electrons. The van der Waals surface area contributed by atoms with Gasteiger partial charge in [0, 0.05) is 12.8 Å². The normalized spacial score (nSPS) is 12.7. The lowest BCUT2D eigenvalue weighted by Gasteiger charge is -2.20. The second-order valence-corrected chi connectivity index (χ2v) is 21.7. The Balaban J connectivity index is 3.35. The SMILES string of the molecule is CCCCCCC/C=C\CCCCCCCC(=O)OCCCCCCCCCCCCCCCCCCCCCCCCCCCCCC(=O)NC(CO)C(O)/C=C/CCCCCCCCCCCC. The van der Waals surface area contributed by atoms with Crippen molar-refractivity contribution in [3.05, 3.63) is 24.3 Å². The smallest absolute Gasteiger partial charge is 0.305 e. The van der Waals surface area contributed by atoms with Gasteiger partial charge in [-0.05, 0) is 57.8 Å². The molecule has 0 spiro atoms. The van der Waals surface area contributed by atoms with Crippen molar-refractivity contribution in [3.63, 3.8) is 0 Å². The molecule has 0 aromatic rings. The van der Waals surface area contributed by atoms with Crippen molar-refractivity contribution in [1.29, 1.82) is 0 Å². The molecular formula is C64H123NO5. The molecule has 0 saturated carbocycles. The van der Waals surface area contributed by atoms with Gasteiger partial charge < -0.3 is 20.3 Å². The third kappa shape index (κ3) is 55.7. The molecule has 3 N–H and O–H groups in total. The Morgan fingerprint density at radius 1 is 0.386 bits per heavy atom. The quantitative estimate of drug-likeness (QED) is 0.0321. The second-order valence-electron chi connectivity index (χ2n) is 21.7. The minimum absolute atomic E-state index is 0.00931. The van der Waals surface area contributed by atoms with E-state index in [-0.39, 0.29) is 18.5 Å². The average Bonchev–Trinajstić information content (AvgIpc) is 3.36. The number of nitrogens with one attached hydrogen (secondary N) is 1. The number of aliphatic hydroxyl groups is 2. The number of carbonyl (C=O) groups is 2. The van der Waals surface area contributed by atoms with Gasteiger partial charge in [0.1, 0.15) is 0 Å². The molecule has 414 valence electrons. The van der Waals surface area contributed by atoms with Crippen LogP contribution in [0.5, 0.6) is 0 Å². The first-order valence-electron chi connectivity index (χ1n) is 31.6. The first-order valence-corrected chi connectivity index (χ1v) is 31.6. The number of amides is 1. The predicted molar refractivity (Wildman–Crippen MR) is 306 cm³/mol. The zero-order valence-electron chi connectivity index (χ0n) is 47.3. The maximum atomic E-state index is 12.4. The number of hydrogen-bond acceptors (Lipinski definition) is 5. The number of esters is 1. The Labute approximate surface area is 437 Å². The van der Waals surface area contributed by atoms with Crippen LogP contribution < -0.4 is 5.32 Å². The highest BCUT2D eigenvalue weighted by molar-refractivity contribution is 5.76. The Morgan fingerprint density at radius 3 is 1.01 bits per heavy atom. The van der Waals surface area contributed by atoms with Gasteiger partial charge in [0.25, 0.3) is 0 Å². The van der Waals surface area contributed by atoms with Crippen molar-refractivity contribution in [2.24, 2.45) is 0 Å². The molecule has 2 unspecified atom stereocenters. The van der Waals surface area contributed by atoms with Gasteiger partial charge >= 0.3 is 5.97 Å². The molecule has 70 heavy (non-hydrogen) atoms. The van der Waals surface area contributed by atoms with Crippen LogP contribution in [0.1, 0.15) is 348 Å². The number of hydrogen-bond donors (Lipinski definition) is 3. The third-order valence-electron chi connectivity index (χ3n) is 14.7. The molecule has 0 bridgehead atoms. The minimum Gasteiger partial charge on any atom is -0.466 e. The fourth-order valence-electron chi connectivity index (χ4n) is 9.87. The maximum Gasteiger partial charge on any atom is 0.305 e. The van der Waals surface area contributed by atoms with Gasteiger partial charge in [-0.15, -0.1) is 0 Å². The van der Waals surface area contributed by atoms with Crippen molar-refractivity contribution in [3.8, 4) is 0 Å². The summed E-state index contributed by atoms with van der Waals surface area (Å²) in [6, 6.07) is -0.624. The number of carbonyl (C=O) groups excluding carboxylic acids is 2. The fraction of sp³-hybridized carbons (Fsp3) is 0.906. The van der Waals surface area contributed by atoms with Gasteiger partial charge in [-0.2, -0.15) is 0 Å². The van der Waals surface area contributed by atoms with E-state index in [1.54, 1.807) is 6.08 Å². The van der Waals surface area contributed by atoms with E-state index in [0.717, 1.165) is 44.9 Å². The van der Waals surface area contributed by atoms with E-state index in [2.05, 4.69) is 31.3 Å². The average molecular weight is 987 g/mol. The maximum absolute atomic E-state index is 12.4. The molecule has 0 heterocycles. The molecule has 0 saturated heterocycles. The first kappa shape index (κ1) is 68.3. The Morgan fingerprint density at radius 2 is 0.671 bits per heavy atom. The molecular weight excluding hydrogens is 863 g/mol. The van der Waals surface area contributed by atoms with E-state index >= 15 is 0 Å². The monoisotopic (exact) mass is 986 g/mol. The van der Waals surface area contributed by atoms with Crippen molar-refractivity contribution in [2.75, 3.05) is 13.2 Å². The van der Waals surface area contributed by atoms with Gasteiger partial charge in [-0.1, -0.05) is 301 Å². The summed E-state index contributed by atoms with van der Waals surface area (Å²) >= 11 is 0. The number of rotatable bonds is 59. The van der Waals surface area contributed by atoms with E-state index in [4.69, 9.17) is 4.74 Å². The molecule has 0 aliphatic carbocycles. The molecule has 2 atom stereocenters. The number of unbranched alkanes of at least 4 members (excludes halogenated alkanes) is 46. The molecule has 6 heteroatoms. The highest BCUT2D eigenvalue weighted by atomic mass is 16.5. The van der Waals surface area contributed by atoms with Crippen molar-refractivity contribution >= 4 is 11.9 Å². The molecule has 0 aromatic carbocycles. The highest BCUT2D eigenvalue weighted by Gasteiger charge is 2.18. The Hall–Kier alpha value is -1.66. The summed E-state index contributed by atoms with van der Waals surface area (Å²) in [6.07, 6.45) is 73.8. The van der Waals surface area contributed by atoms with Gasteiger partial charge in [-0.25, -0.2) is 0 Å². The number of ether oxygens (including phenoxy) is 1. The van der Waals surface area contributed by atoms with E-state index in [1.807, 2.05) is 6.08 Å². The largest absolute Gasteiger partial charge is 0.466 e. The predicted octanol–water partition coefficient (Wildman–Crippen LogP) is 19.8. The summed E-state index contributed by atoms with van der Waals surface area (Å²) in [6.45, 7) is 4.90. The summed E-state index contributed by atoms with van der Waals surface area (Å²) in [5, 5.41) is 23.1. The fourth-order valence-corrected chi connectivity index (χ4v) is 9.87. The minimum atomic E-state index is -0.841. The highest BCUT2D eigenvalue weighted by Crippen LogP contribution is 2.18. The van der Waals surface area contributed by atoms with Crippen LogP contribution in [0.15, 0.2) is 24.3 Å². The molecule has 0 fully saturated rings. The lowest BCUT2D eigenvalue weighted by molar-refractivity contribution is -0.143. The Kier molecular flexibility index (Phi) is 58.5. The Bertz CT molecular complexity index is 1090. The van der Waals surface area contributed by atoms with Crippen LogP contribution in [-0.2, 0) is 14.3 Å². The standard InChI is InChI=1S/C64H123NO5/c1-3-5-7-9-11-13-15-17-34-38-42-46-50-54-58-64(69)70-59-55-51-47-43-39-35-32-30-28-26-24-22-20-18-19-21-23-25-27-29-31-33-37-41-45-49-53-57-63(68)65-61(60-66)62(67)56-52-48-44-40-36-16-14-12-10-8-6-4-2/h15,17,52,56,61-62,66-67H,3-14,16,18-51,53-55,57-60H2,1-2H3,(H,65,68)/b17-15-,56-52+. The summed E-state index contributed by atoms with van der Waals surface area (Å²) in [5.74, 6) is -0.0555. The summed E-state index contributed by atoms with van der Waals surface area (Å²) < 4.78 is 5.48. The van der Waals surface area contributed by atoms with E-state index in [9.17, 15) is 19.8 Å². The summed E-state index contributed by atoms with van der Waals surface area (Å²) in [5.41, 5.74) is 0. The second kappa shape index (κ2) is 59.9. The van der Waals surface area contributed by atoms with Gasteiger partial charge in [0.05, 0.1) is 25.4 Å². The zero-order chi connectivity index (χ0) is 50.7. The van der Waals surface area contributed by atoms with Gasteiger partial charge in [-0.3, -0.25) is 9.59 Å². The van der Waals surface area contributed by atoms with Gasteiger partial charge in [0.2, 0.25) is 5.91 Å². The molecule has 0 aliphatic rings. The molecule has 6 nitrogen and oxygen atoms in total. The van der Waals surface area contributed by atoms with E-state index in [1.165, 1.54) is 276 Å². The third-order valence-corrected chi connectivity index (χ3v) is 14.7. The number of aliphatic hydroxyl groups excluding tert-OH is 2. The van der Waals surface area contributed by atoms with E-state index < -0.39 is 12.1 Å². The van der Waals surface area contributed by atoms with Crippen LogP contribution in [-0.4, -0.2) is 47.4 Å². The van der Waals surface area contributed by atoms with Crippen LogP contribution in [0.4, 0.5) is 0 Å². The molecule has 0 aliphatic heterocycles. The lowest BCUT2D eigenvalue weighted by atomic mass is 10.0. The van der Waals surface area contributed by atoms with E-state index in [0.29, 0.717) is 19.4 Å². The van der Waals surface area contributed by atoms with Gasteiger partial charge in [0.15, 0.2) is 0 Å².